The van der Waals surface area contributed by atoms with Crippen molar-refractivity contribution >= 4 is 5.91 Å². The highest BCUT2D eigenvalue weighted by molar-refractivity contribution is 5.78. The van der Waals surface area contributed by atoms with Crippen LogP contribution in [0, 0.1) is 23.7 Å². The summed E-state index contributed by atoms with van der Waals surface area (Å²) in [6, 6.07) is 21.2. The Morgan fingerprint density at radius 1 is 0.933 bits per heavy atom. The van der Waals surface area contributed by atoms with Crippen LogP contribution >= 0.6 is 0 Å². The molecule has 0 saturated heterocycles. The Kier molecular flexibility index (Phi) is 5.18. The van der Waals surface area contributed by atoms with Crippen LogP contribution in [0.3, 0.4) is 0 Å². The van der Waals surface area contributed by atoms with Crippen molar-refractivity contribution in [2.24, 2.45) is 23.7 Å². The van der Waals surface area contributed by atoms with E-state index < -0.39 is 0 Å². The maximum atomic E-state index is 13.5. The monoisotopic (exact) mass is 403 g/mol. The Bertz CT molecular complexity index is 848. The van der Waals surface area contributed by atoms with Gasteiger partial charge in [-0.2, -0.15) is 0 Å². The number of benzene rings is 2. The lowest BCUT2D eigenvalue weighted by Crippen LogP contribution is -2.61. The van der Waals surface area contributed by atoms with Gasteiger partial charge < -0.3 is 10.0 Å². The van der Waals surface area contributed by atoms with Crippen LogP contribution in [0.1, 0.15) is 43.2 Å². The van der Waals surface area contributed by atoms with Crippen molar-refractivity contribution < 1.29 is 9.90 Å². The molecule has 2 aromatic rings. The maximum Gasteiger partial charge on any atom is 0.223 e. The van der Waals surface area contributed by atoms with Crippen LogP contribution in [0.5, 0.6) is 0 Å². The van der Waals surface area contributed by atoms with Gasteiger partial charge in [0.15, 0.2) is 0 Å². The summed E-state index contributed by atoms with van der Waals surface area (Å²) in [6.07, 6.45) is 5.68. The summed E-state index contributed by atoms with van der Waals surface area (Å²) in [5.74, 6) is 2.17. The Morgan fingerprint density at radius 3 is 2.03 bits per heavy atom. The molecule has 2 aromatic carbocycles. The minimum atomic E-state index is -0.115. The number of amides is 1. The molecule has 4 fully saturated rings. The molecule has 0 radical (unpaired) electrons. The molecular formula is C27H33NO2. The fourth-order valence-corrected chi connectivity index (χ4v) is 7.03. The number of rotatable bonds is 6. The first-order valence-corrected chi connectivity index (χ1v) is 11.6. The van der Waals surface area contributed by atoms with Gasteiger partial charge >= 0.3 is 0 Å². The molecule has 0 aliphatic heterocycles. The smallest absolute Gasteiger partial charge is 0.223 e. The summed E-state index contributed by atoms with van der Waals surface area (Å²) in [5, 5.41) is 10.6. The first kappa shape index (κ1) is 19.8. The molecule has 0 heterocycles. The second-order valence-corrected chi connectivity index (χ2v) is 9.98. The summed E-state index contributed by atoms with van der Waals surface area (Å²) >= 11 is 0. The van der Waals surface area contributed by atoms with Crippen LogP contribution in [-0.2, 0) is 16.6 Å². The molecule has 0 atom stereocenters. The zero-order valence-corrected chi connectivity index (χ0v) is 17.9. The van der Waals surface area contributed by atoms with Gasteiger partial charge in [0.2, 0.25) is 5.91 Å². The highest BCUT2D eigenvalue weighted by Gasteiger charge is 2.61. The molecule has 0 spiro atoms. The van der Waals surface area contributed by atoms with Gasteiger partial charge in [0.25, 0.3) is 0 Å². The van der Waals surface area contributed by atoms with Gasteiger partial charge in [0, 0.05) is 25.4 Å². The molecule has 3 nitrogen and oxygen atoms in total. The van der Waals surface area contributed by atoms with Crippen molar-refractivity contribution in [1.29, 1.82) is 0 Å². The van der Waals surface area contributed by atoms with E-state index >= 15 is 0 Å². The van der Waals surface area contributed by atoms with Crippen LogP contribution in [0.25, 0.3) is 0 Å². The first-order valence-electron chi connectivity index (χ1n) is 11.6. The molecule has 4 bridgehead atoms. The summed E-state index contributed by atoms with van der Waals surface area (Å²) in [4.78, 5) is 15.4. The van der Waals surface area contributed by atoms with E-state index in [9.17, 15) is 9.90 Å². The minimum Gasteiger partial charge on any atom is -0.393 e. The molecule has 30 heavy (non-hydrogen) atoms. The number of nitrogens with zero attached hydrogens (tertiary/aromatic N) is 1. The fraction of sp³-hybridized carbons (Fsp3) is 0.519. The predicted molar refractivity (Wildman–Crippen MR) is 119 cm³/mol. The first-order chi connectivity index (χ1) is 14.6. The fourth-order valence-electron chi connectivity index (χ4n) is 7.03. The van der Waals surface area contributed by atoms with Gasteiger partial charge in [-0.25, -0.2) is 0 Å². The third kappa shape index (κ3) is 3.28. The van der Waals surface area contributed by atoms with E-state index in [-0.39, 0.29) is 17.4 Å². The standard InChI is InChI=1S/C27H33NO2/c1-28(13-12-19-8-4-2-5-9-19)25(29)18-27(22-10-6-3-7-11-22)23-14-20-15-24(27)17-21(16-23)26(20)30/h2-11,20-21,23-24,26,30H,12-18H2,1H3. The van der Waals surface area contributed by atoms with Crippen LogP contribution in [0.2, 0.25) is 0 Å². The molecule has 1 N–H and O–H groups in total. The van der Waals surface area contributed by atoms with Gasteiger partial charge in [-0.15, -0.1) is 0 Å². The lowest BCUT2D eigenvalue weighted by molar-refractivity contribution is -0.152. The maximum absolute atomic E-state index is 13.5. The molecule has 158 valence electrons. The molecular weight excluding hydrogens is 370 g/mol. The Morgan fingerprint density at radius 2 is 1.47 bits per heavy atom. The number of hydrogen-bond donors (Lipinski definition) is 1. The highest BCUT2D eigenvalue weighted by atomic mass is 16.3. The van der Waals surface area contributed by atoms with Crippen molar-refractivity contribution in [1.82, 2.24) is 4.90 Å². The molecule has 1 amide bonds. The normalized spacial score (nSPS) is 34.1. The van der Waals surface area contributed by atoms with E-state index in [4.69, 9.17) is 0 Å². The van der Waals surface area contributed by atoms with E-state index in [1.807, 2.05) is 18.0 Å². The van der Waals surface area contributed by atoms with Crippen molar-refractivity contribution in [2.45, 2.75) is 50.0 Å². The number of hydrogen-bond acceptors (Lipinski definition) is 2. The molecule has 3 heteroatoms. The van der Waals surface area contributed by atoms with Crippen LogP contribution < -0.4 is 0 Å². The quantitative estimate of drug-likeness (QED) is 0.774. The topological polar surface area (TPSA) is 40.5 Å². The number of likely N-dealkylation sites (N-methyl/N-ethyl adjacent to an activating group) is 1. The van der Waals surface area contributed by atoms with E-state index in [1.165, 1.54) is 11.1 Å². The number of aliphatic hydroxyl groups excluding tert-OH is 1. The van der Waals surface area contributed by atoms with Gasteiger partial charge in [-0.3, -0.25) is 4.79 Å². The Labute approximate surface area is 180 Å². The molecule has 0 unspecified atom stereocenters. The SMILES string of the molecule is CN(CCc1ccccc1)C(=O)CC1(c2ccccc2)C2CC3CC1CC(C2)C3O. The Hall–Kier alpha value is -2.13. The molecule has 4 aliphatic rings. The van der Waals surface area contributed by atoms with Crippen LogP contribution in [-0.4, -0.2) is 35.6 Å². The van der Waals surface area contributed by atoms with Crippen molar-refractivity contribution in [3.05, 3.63) is 71.8 Å². The van der Waals surface area contributed by atoms with E-state index in [2.05, 4.69) is 54.6 Å². The number of aliphatic hydroxyl groups is 1. The molecule has 4 saturated carbocycles. The van der Waals surface area contributed by atoms with Gasteiger partial charge in [-0.05, 0) is 66.9 Å². The molecule has 0 aromatic heterocycles. The third-order valence-corrected chi connectivity index (χ3v) is 8.53. The van der Waals surface area contributed by atoms with E-state index in [1.54, 1.807) is 0 Å². The van der Waals surface area contributed by atoms with Crippen molar-refractivity contribution in [2.75, 3.05) is 13.6 Å². The highest BCUT2D eigenvalue weighted by Crippen LogP contribution is 2.64. The van der Waals surface area contributed by atoms with Gasteiger partial charge in [0.05, 0.1) is 6.10 Å². The minimum absolute atomic E-state index is 0.0630. The van der Waals surface area contributed by atoms with E-state index in [0.717, 1.165) is 38.6 Å². The van der Waals surface area contributed by atoms with Crippen molar-refractivity contribution in [3.63, 3.8) is 0 Å². The summed E-state index contributed by atoms with van der Waals surface area (Å²) in [5.41, 5.74) is 2.56. The number of carbonyl (C=O) groups excluding carboxylic acids is 1. The molecule has 6 rings (SSSR count). The lowest BCUT2D eigenvalue weighted by Gasteiger charge is -2.63. The zero-order valence-electron chi connectivity index (χ0n) is 17.9. The van der Waals surface area contributed by atoms with Crippen LogP contribution in [0.4, 0.5) is 0 Å². The second-order valence-electron chi connectivity index (χ2n) is 9.98. The average Bonchev–Trinajstić information content (AvgIpc) is 2.77. The number of carbonyl (C=O) groups is 1. The van der Waals surface area contributed by atoms with Gasteiger partial charge in [-0.1, -0.05) is 60.7 Å². The average molecular weight is 404 g/mol. The summed E-state index contributed by atoms with van der Waals surface area (Å²) in [7, 11) is 1.96. The van der Waals surface area contributed by atoms with Crippen LogP contribution in [0.15, 0.2) is 60.7 Å². The van der Waals surface area contributed by atoms with Crippen molar-refractivity contribution in [3.8, 4) is 0 Å². The third-order valence-electron chi connectivity index (χ3n) is 8.53. The van der Waals surface area contributed by atoms with E-state index in [0.29, 0.717) is 30.1 Å². The zero-order chi connectivity index (χ0) is 20.7. The largest absolute Gasteiger partial charge is 0.393 e. The summed E-state index contributed by atoms with van der Waals surface area (Å²) < 4.78 is 0. The predicted octanol–water partition coefficient (Wildman–Crippen LogP) is 4.44. The second kappa shape index (κ2) is 7.85. The Balaban J connectivity index is 1.38. The van der Waals surface area contributed by atoms with Gasteiger partial charge in [0.1, 0.15) is 0 Å². The molecule has 4 aliphatic carbocycles. The lowest BCUT2D eigenvalue weighted by atomic mass is 9.42. The summed E-state index contributed by atoms with van der Waals surface area (Å²) in [6.45, 7) is 0.757.